The van der Waals surface area contributed by atoms with Crippen LogP contribution >= 0.6 is 0 Å². The molecule has 0 aliphatic carbocycles. The van der Waals surface area contributed by atoms with E-state index in [0.717, 1.165) is 6.07 Å². The summed E-state index contributed by atoms with van der Waals surface area (Å²) in [4.78, 5) is 1.74. The average molecular weight is 286 g/mol. The van der Waals surface area contributed by atoms with Crippen molar-refractivity contribution in [2.24, 2.45) is 0 Å². The standard InChI is InChI=1S/C14H17F3N2O/c1-10(2)19(7-3-6-18)12-5-4-11(9-20)13(8-12)14(15,16)17/h4-5,8,10,20H,3,7,9H2,1-2H3. The molecule has 1 aromatic rings. The lowest BCUT2D eigenvalue weighted by Crippen LogP contribution is -2.32. The van der Waals surface area contributed by atoms with Crippen molar-refractivity contribution < 1.29 is 18.3 Å². The third-order valence-corrected chi connectivity index (χ3v) is 2.99. The number of nitriles is 1. The van der Waals surface area contributed by atoms with Crippen molar-refractivity contribution >= 4 is 5.69 Å². The molecular formula is C14H17F3N2O. The minimum atomic E-state index is -4.51. The second kappa shape index (κ2) is 6.62. The average Bonchev–Trinajstić information content (AvgIpc) is 2.37. The Hall–Kier alpha value is -1.74. The molecule has 1 rings (SSSR count). The van der Waals surface area contributed by atoms with E-state index in [-0.39, 0.29) is 18.0 Å². The number of aliphatic hydroxyl groups is 1. The molecule has 0 bridgehead atoms. The van der Waals surface area contributed by atoms with E-state index in [9.17, 15) is 13.2 Å². The largest absolute Gasteiger partial charge is 0.416 e. The van der Waals surface area contributed by atoms with Crippen molar-refractivity contribution in [3.05, 3.63) is 29.3 Å². The first-order valence-electron chi connectivity index (χ1n) is 6.25. The SMILES string of the molecule is CC(C)N(CCC#N)c1ccc(CO)c(C(F)(F)F)c1. The van der Waals surface area contributed by atoms with Gasteiger partial charge in [0.15, 0.2) is 0 Å². The van der Waals surface area contributed by atoms with Crippen molar-refractivity contribution in [2.75, 3.05) is 11.4 Å². The summed E-state index contributed by atoms with van der Waals surface area (Å²) in [6.07, 6.45) is -4.27. The number of anilines is 1. The molecular weight excluding hydrogens is 269 g/mol. The Kier molecular flexibility index (Phi) is 5.40. The molecule has 0 atom stereocenters. The van der Waals surface area contributed by atoms with Gasteiger partial charge in [0.1, 0.15) is 0 Å². The van der Waals surface area contributed by atoms with Gasteiger partial charge in [-0.3, -0.25) is 0 Å². The van der Waals surface area contributed by atoms with Crippen LogP contribution in [0, 0.1) is 11.3 Å². The highest BCUT2D eigenvalue weighted by atomic mass is 19.4. The lowest BCUT2D eigenvalue weighted by Gasteiger charge is -2.29. The van der Waals surface area contributed by atoms with Crippen LogP contribution in [0.1, 0.15) is 31.4 Å². The first-order valence-corrected chi connectivity index (χ1v) is 6.25. The van der Waals surface area contributed by atoms with Gasteiger partial charge in [-0.1, -0.05) is 6.07 Å². The number of hydrogen-bond acceptors (Lipinski definition) is 3. The van der Waals surface area contributed by atoms with Crippen LogP contribution in [-0.2, 0) is 12.8 Å². The summed E-state index contributed by atoms with van der Waals surface area (Å²) in [7, 11) is 0. The summed E-state index contributed by atoms with van der Waals surface area (Å²) in [5.74, 6) is 0. The highest BCUT2D eigenvalue weighted by Crippen LogP contribution is 2.35. The molecule has 0 fully saturated rings. The van der Waals surface area contributed by atoms with Crippen LogP contribution in [0.15, 0.2) is 18.2 Å². The van der Waals surface area contributed by atoms with E-state index in [1.807, 2.05) is 19.9 Å². The van der Waals surface area contributed by atoms with Crippen molar-refractivity contribution in [3.8, 4) is 6.07 Å². The summed E-state index contributed by atoms with van der Waals surface area (Å²) < 4.78 is 38.8. The van der Waals surface area contributed by atoms with E-state index in [1.165, 1.54) is 12.1 Å². The van der Waals surface area contributed by atoms with Crippen LogP contribution in [-0.4, -0.2) is 17.7 Å². The minimum absolute atomic E-state index is 0.0237. The molecule has 6 heteroatoms. The van der Waals surface area contributed by atoms with Gasteiger partial charge in [0.05, 0.1) is 24.7 Å². The molecule has 0 saturated heterocycles. The van der Waals surface area contributed by atoms with Gasteiger partial charge >= 0.3 is 6.18 Å². The minimum Gasteiger partial charge on any atom is -0.392 e. The third kappa shape index (κ3) is 3.87. The van der Waals surface area contributed by atoms with Gasteiger partial charge in [0.25, 0.3) is 0 Å². The molecule has 0 unspecified atom stereocenters. The lowest BCUT2D eigenvalue weighted by molar-refractivity contribution is -0.138. The Bertz CT molecular complexity index is 492. The molecule has 1 N–H and O–H groups in total. The Morgan fingerprint density at radius 2 is 2.00 bits per heavy atom. The molecule has 0 aliphatic rings. The number of halogens is 3. The monoisotopic (exact) mass is 286 g/mol. The van der Waals surface area contributed by atoms with E-state index >= 15 is 0 Å². The lowest BCUT2D eigenvalue weighted by atomic mass is 10.1. The number of benzene rings is 1. The summed E-state index contributed by atoms with van der Waals surface area (Å²) in [5, 5.41) is 17.6. The summed E-state index contributed by atoms with van der Waals surface area (Å²) in [5.41, 5.74) is -0.579. The summed E-state index contributed by atoms with van der Waals surface area (Å²) >= 11 is 0. The van der Waals surface area contributed by atoms with E-state index < -0.39 is 18.3 Å². The molecule has 0 aromatic heterocycles. The zero-order chi connectivity index (χ0) is 15.3. The molecule has 3 nitrogen and oxygen atoms in total. The fraction of sp³-hybridized carbons (Fsp3) is 0.500. The highest BCUT2D eigenvalue weighted by Gasteiger charge is 2.33. The predicted molar refractivity (Wildman–Crippen MR) is 70.1 cm³/mol. The molecule has 110 valence electrons. The van der Waals surface area contributed by atoms with Gasteiger partial charge in [-0.2, -0.15) is 18.4 Å². The van der Waals surface area contributed by atoms with Crippen molar-refractivity contribution in [1.29, 1.82) is 5.26 Å². The molecule has 0 heterocycles. The first kappa shape index (κ1) is 16.3. The normalized spacial score (nSPS) is 11.5. The fourth-order valence-corrected chi connectivity index (χ4v) is 2.00. The molecule has 0 radical (unpaired) electrons. The van der Waals surface area contributed by atoms with Crippen LogP contribution in [0.3, 0.4) is 0 Å². The van der Waals surface area contributed by atoms with Gasteiger partial charge in [0.2, 0.25) is 0 Å². The summed E-state index contributed by atoms with van der Waals surface area (Å²) in [6, 6.07) is 5.81. The highest BCUT2D eigenvalue weighted by molar-refractivity contribution is 5.52. The maximum atomic E-state index is 12.9. The Morgan fingerprint density at radius 1 is 1.35 bits per heavy atom. The van der Waals surface area contributed by atoms with Crippen LogP contribution in [0.5, 0.6) is 0 Å². The van der Waals surface area contributed by atoms with Gasteiger partial charge < -0.3 is 10.0 Å². The van der Waals surface area contributed by atoms with Crippen LogP contribution in [0.2, 0.25) is 0 Å². The Labute approximate surface area is 116 Å². The molecule has 0 amide bonds. The van der Waals surface area contributed by atoms with Crippen molar-refractivity contribution in [2.45, 2.75) is 39.1 Å². The quantitative estimate of drug-likeness (QED) is 0.903. The molecule has 1 aromatic carbocycles. The fourth-order valence-electron chi connectivity index (χ4n) is 2.00. The zero-order valence-electron chi connectivity index (χ0n) is 11.4. The first-order chi connectivity index (χ1) is 9.31. The molecule has 20 heavy (non-hydrogen) atoms. The van der Waals surface area contributed by atoms with Gasteiger partial charge in [-0.15, -0.1) is 0 Å². The molecule has 0 saturated carbocycles. The van der Waals surface area contributed by atoms with Gasteiger partial charge in [0, 0.05) is 18.3 Å². The number of hydrogen-bond donors (Lipinski definition) is 1. The second-order valence-electron chi connectivity index (χ2n) is 4.69. The van der Waals surface area contributed by atoms with Gasteiger partial charge in [-0.05, 0) is 31.5 Å². The van der Waals surface area contributed by atoms with Crippen LogP contribution in [0.4, 0.5) is 18.9 Å². The second-order valence-corrected chi connectivity index (χ2v) is 4.69. The maximum Gasteiger partial charge on any atom is 0.416 e. The Balaban J connectivity index is 3.21. The topological polar surface area (TPSA) is 47.3 Å². The van der Waals surface area contributed by atoms with Crippen molar-refractivity contribution in [3.63, 3.8) is 0 Å². The predicted octanol–water partition coefficient (Wildman–Crippen LogP) is 3.33. The number of nitrogens with zero attached hydrogens (tertiary/aromatic N) is 2. The number of alkyl halides is 3. The van der Waals surface area contributed by atoms with E-state index in [2.05, 4.69) is 0 Å². The molecule has 0 aliphatic heterocycles. The Morgan fingerprint density at radius 3 is 2.45 bits per heavy atom. The van der Waals surface area contributed by atoms with Crippen LogP contribution < -0.4 is 4.90 Å². The third-order valence-electron chi connectivity index (χ3n) is 2.99. The van der Waals surface area contributed by atoms with Gasteiger partial charge in [-0.25, -0.2) is 0 Å². The zero-order valence-corrected chi connectivity index (χ0v) is 11.4. The molecule has 0 spiro atoms. The smallest absolute Gasteiger partial charge is 0.392 e. The van der Waals surface area contributed by atoms with Crippen molar-refractivity contribution in [1.82, 2.24) is 0 Å². The maximum absolute atomic E-state index is 12.9. The van der Waals surface area contributed by atoms with E-state index in [4.69, 9.17) is 10.4 Å². The van der Waals surface area contributed by atoms with E-state index in [0.29, 0.717) is 12.2 Å². The van der Waals surface area contributed by atoms with Crippen LogP contribution in [0.25, 0.3) is 0 Å². The number of rotatable bonds is 5. The number of aliphatic hydroxyl groups excluding tert-OH is 1. The van der Waals surface area contributed by atoms with E-state index in [1.54, 1.807) is 4.90 Å². The summed E-state index contributed by atoms with van der Waals surface area (Å²) in [6.45, 7) is 3.41.